The molecular formula is C9H14ClNO3. The number of rotatable bonds is 4. The van der Waals surface area contributed by atoms with E-state index in [9.17, 15) is 4.79 Å². The van der Waals surface area contributed by atoms with Crippen molar-refractivity contribution in [1.82, 2.24) is 0 Å². The Kier molecular flexibility index (Phi) is 5.99. The van der Waals surface area contributed by atoms with E-state index < -0.39 is 6.04 Å². The van der Waals surface area contributed by atoms with Crippen molar-refractivity contribution in [2.75, 3.05) is 6.61 Å². The Bertz CT molecular complexity index is 261. The van der Waals surface area contributed by atoms with Gasteiger partial charge in [-0.1, -0.05) is 0 Å². The minimum Gasteiger partial charge on any atom is -0.468 e. The normalized spacial score (nSPS) is 11.6. The van der Waals surface area contributed by atoms with Crippen molar-refractivity contribution in [3.63, 3.8) is 0 Å². The summed E-state index contributed by atoms with van der Waals surface area (Å²) in [7, 11) is 0. The lowest BCUT2D eigenvalue weighted by molar-refractivity contribution is -0.143. The number of hydrogen-bond donors (Lipinski definition) is 1. The molecule has 0 radical (unpaired) electrons. The molecule has 80 valence electrons. The summed E-state index contributed by atoms with van der Waals surface area (Å²) < 4.78 is 9.79. The van der Waals surface area contributed by atoms with Crippen molar-refractivity contribution in [2.45, 2.75) is 19.4 Å². The fourth-order valence-corrected chi connectivity index (χ4v) is 1.00. The summed E-state index contributed by atoms with van der Waals surface area (Å²) in [6.45, 7) is 2.14. The third-order valence-corrected chi connectivity index (χ3v) is 1.60. The Balaban J connectivity index is 0.00000169. The fraction of sp³-hybridized carbons (Fsp3) is 0.444. The maximum atomic E-state index is 11.0. The highest BCUT2D eigenvalue weighted by molar-refractivity contribution is 5.85. The smallest absolute Gasteiger partial charge is 0.307 e. The van der Waals surface area contributed by atoms with Crippen LogP contribution >= 0.6 is 12.4 Å². The summed E-state index contributed by atoms with van der Waals surface area (Å²) in [5.74, 6) is 0.305. The van der Waals surface area contributed by atoms with Crippen molar-refractivity contribution in [2.24, 2.45) is 5.73 Å². The molecule has 0 aliphatic rings. The van der Waals surface area contributed by atoms with Crippen LogP contribution in [0.25, 0.3) is 0 Å². The zero-order valence-corrected chi connectivity index (χ0v) is 8.75. The first-order valence-electron chi connectivity index (χ1n) is 4.18. The van der Waals surface area contributed by atoms with Crippen LogP contribution in [-0.2, 0) is 9.53 Å². The van der Waals surface area contributed by atoms with Crippen LogP contribution in [0.5, 0.6) is 0 Å². The SMILES string of the molecule is CCOC(=O)C[C@H](N)c1ccco1.Cl. The second kappa shape index (κ2) is 6.45. The first-order valence-corrected chi connectivity index (χ1v) is 4.18. The summed E-state index contributed by atoms with van der Waals surface area (Å²) in [5, 5.41) is 0. The standard InChI is InChI=1S/C9H13NO3.ClH/c1-2-12-9(11)6-7(10)8-4-3-5-13-8;/h3-5,7H,2,6,10H2,1H3;1H/t7-;/m0./s1. The topological polar surface area (TPSA) is 65.5 Å². The van der Waals surface area contributed by atoms with Crippen molar-refractivity contribution in [1.29, 1.82) is 0 Å². The van der Waals surface area contributed by atoms with E-state index in [4.69, 9.17) is 14.9 Å². The van der Waals surface area contributed by atoms with Crippen LogP contribution in [0.4, 0.5) is 0 Å². The molecule has 1 aromatic rings. The summed E-state index contributed by atoms with van der Waals surface area (Å²) in [6, 6.07) is 3.07. The molecule has 14 heavy (non-hydrogen) atoms. The largest absolute Gasteiger partial charge is 0.468 e. The van der Waals surface area contributed by atoms with Crippen LogP contribution in [0.2, 0.25) is 0 Å². The van der Waals surface area contributed by atoms with Crippen molar-refractivity contribution in [3.05, 3.63) is 24.2 Å². The number of halogens is 1. The molecule has 5 heteroatoms. The van der Waals surface area contributed by atoms with Gasteiger partial charge in [0, 0.05) is 0 Å². The fourth-order valence-electron chi connectivity index (χ4n) is 1.00. The molecule has 0 aliphatic heterocycles. The van der Waals surface area contributed by atoms with Gasteiger partial charge in [0.05, 0.1) is 25.3 Å². The first-order chi connectivity index (χ1) is 6.24. The average molecular weight is 220 g/mol. The van der Waals surface area contributed by atoms with Gasteiger partial charge in [0.25, 0.3) is 0 Å². The number of nitrogens with two attached hydrogens (primary N) is 1. The molecule has 0 fully saturated rings. The van der Waals surface area contributed by atoms with Crippen molar-refractivity contribution in [3.8, 4) is 0 Å². The maximum Gasteiger partial charge on any atom is 0.307 e. The van der Waals surface area contributed by atoms with Gasteiger partial charge in [0.2, 0.25) is 0 Å². The molecule has 0 saturated heterocycles. The lowest BCUT2D eigenvalue weighted by atomic mass is 10.2. The second-order valence-electron chi connectivity index (χ2n) is 2.63. The van der Waals surface area contributed by atoms with E-state index >= 15 is 0 Å². The minimum atomic E-state index is -0.408. The predicted octanol–water partition coefficient (Wildman–Crippen LogP) is 1.65. The molecule has 1 rings (SSSR count). The van der Waals surface area contributed by atoms with Crippen molar-refractivity contribution >= 4 is 18.4 Å². The number of ether oxygens (including phenoxy) is 1. The predicted molar refractivity (Wildman–Crippen MR) is 54.1 cm³/mol. The third-order valence-electron chi connectivity index (χ3n) is 1.60. The number of carbonyl (C=O) groups is 1. The number of carbonyl (C=O) groups excluding carboxylic acids is 1. The highest BCUT2D eigenvalue weighted by Crippen LogP contribution is 2.14. The van der Waals surface area contributed by atoms with E-state index in [0.717, 1.165) is 0 Å². The molecule has 0 saturated carbocycles. The van der Waals surface area contributed by atoms with Gasteiger partial charge in [0.15, 0.2) is 0 Å². The quantitative estimate of drug-likeness (QED) is 0.783. The van der Waals surface area contributed by atoms with E-state index in [2.05, 4.69) is 0 Å². The second-order valence-corrected chi connectivity index (χ2v) is 2.63. The van der Waals surface area contributed by atoms with Gasteiger partial charge in [0.1, 0.15) is 5.76 Å². The van der Waals surface area contributed by atoms with Gasteiger partial charge in [-0.3, -0.25) is 4.79 Å². The van der Waals surface area contributed by atoms with Gasteiger partial charge in [-0.2, -0.15) is 0 Å². The third kappa shape index (κ3) is 3.81. The number of esters is 1. The van der Waals surface area contributed by atoms with E-state index in [1.165, 1.54) is 6.26 Å². The molecule has 0 aromatic carbocycles. The van der Waals surface area contributed by atoms with E-state index in [1.54, 1.807) is 19.1 Å². The lowest BCUT2D eigenvalue weighted by Crippen LogP contribution is -2.16. The summed E-state index contributed by atoms with van der Waals surface area (Å²) >= 11 is 0. The number of hydrogen-bond acceptors (Lipinski definition) is 4. The van der Waals surface area contributed by atoms with Crippen LogP contribution in [0.3, 0.4) is 0 Å². The lowest BCUT2D eigenvalue weighted by Gasteiger charge is -2.07. The van der Waals surface area contributed by atoms with Crippen LogP contribution in [0.1, 0.15) is 25.1 Å². The minimum absolute atomic E-state index is 0. The van der Waals surface area contributed by atoms with Crippen LogP contribution in [0, 0.1) is 0 Å². The summed E-state index contributed by atoms with van der Waals surface area (Å²) in [6.07, 6.45) is 1.68. The summed E-state index contributed by atoms with van der Waals surface area (Å²) in [4.78, 5) is 11.0. The van der Waals surface area contributed by atoms with Crippen LogP contribution < -0.4 is 5.73 Å². The Labute approximate surface area is 88.8 Å². The molecule has 4 nitrogen and oxygen atoms in total. The van der Waals surface area contributed by atoms with E-state index in [0.29, 0.717) is 12.4 Å². The Morgan fingerprint density at radius 1 is 1.71 bits per heavy atom. The molecule has 1 aromatic heterocycles. The van der Waals surface area contributed by atoms with Crippen molar-refractivity contribution < 1.29 is 13.9 Å². The van der Waals surface area contributed by atoms with E-state index in [1.807, 2.05) is 0 Å². The highest BCUT2D eigenvalue weighted by Gasteiger charge is 2.14. The Hall–Kier alpha value is -1.00. The van der Waals surface area contributed by atoms with Gasteiger partial charge in [-0.25, -0.2) is 0 Å². The van der Waals surface area contributed by atoms with Gasteiger partial charge < -0.3 is 14.9 Å². The summed E-state index contributed by atoms with van der Waals surface area (Å²) in [5.41, 5.74) is 5.68. The molecule has 0 unspecified atom stereocenters. The molecule has 0 spiro atoms. The number of furan rings is 1. The monoisotopic (exact) mass is 219 g/mol. The zero-order valence-electron chi connectivity index (χ0n) is 7.93. The molecule has 0 bridgehead atoms. The molecule has 0 amide bonds. The Morgan fingerprint density at radius 2 is 2.43 bits per heavy atom. The Morgan fingerprint density at radius 3 is 2.93 bits per heavy atom. The molecule has 1 atom stereocenters. The molecule has 2 N–H and O–H groups in total. The van der Waals surface area contributed by atoms with Crippen LogP contribution in [0.15, 0.2) is 22.8 Å². The molecule has 1 heterocycles. The van der Waals surface area contributed by atoms with Crippen LogP contribution in [-0.4, -0.2) is 12.6 Å². The molecular weight excluding hydrogens is 206 g/mol. The highest BCUT2D eigenvalue weighted by atomic mass is 35.5. The average Bonchev–Trinajstić information content (AvgIpc) is 2.55. The molecule has 0 aliphatic carbocycles. The van der Waals surface area contributed by atoms with Gasteiger partial charge in [-0.05, 0) is 19.1 Å². The zero-order chi connectivity index (χ0) is 9.68. The van der Waals surface area contributed by atoms with E-state index in [-0.39, 0.29) is 24.8 Å². The van der Waals surface area contributed by atoms with Gasteiger partial charge in [-0.15, -0.1) is 12.4 Å². The maximum absolute atomic E-state index is 11.0. The van der Waals surface area contributed by atoms with Gasteiger partial charge >= 0.3 is 5.97 Å². The first kappa shape index (κ1) is 13.0.